The van der Waals surface area contributed by atoms with Crippen molar-refractivity contribution in [2.24, 2.45) is 5.10 Å². The molecule has 0 aliphatic rings. The van der Waals surface area contributed by atoms with Gasteiger partial charge in [0.1, 0.15) is 6.61 Å². The molecule has 0 fully saturated rings. The summed E-state index contributed by atoms with van der Waals surface area (Å²) in [5, 5.41) is 4.83. The molecular weight excluding hydrogens is 432 g/mol. The summed E-state index contributed by atoms with van der Waals surface area (Å²) < 4.78 is 22.6. The number of fused-ring (bicyclic) bond motifs is 1. The zero-order chi connectivity index (χ0) is 23.9. The van der Waals surface area contributed by atoms with Gasteiger partial charge >= 0.3 is 5.91 Å². The average Bonchev–Trinajstić information content (AvgIpc) is 3.29. The van der Waals surface area contributed by atoms with Gasteiger partial charge in [-0.2, -0.15) is 5.10 Å². The van der Waals surface area contributed by atoms with Crippen LogP contribution in [0.3, 0.4) is 0 Å². The van der Waals surface area contributed by atoms with Crippen LogP contribution in [0.4, 0.5) is 0 Å². The highest BCUT2D eigenvalue weighted by Crippen LogP contribution is 2.30. The van der Waals surface area contributed by atoms with Gasteiger partial charge in [-0.25, -0.2) is 5.43 Å². The number of rotatable bonds is 9. The van der Waals surface area contributed by atoms with Gasteiger partial charge in [0.15, 0.2) is 28.6 Å². The zero-order valence-corrected chi connectivity index (χ0v) is 19.3. The predicted octanol–water partition coefficient (Wildman–Crippen LogP) is 5.49. The lowest BCUT2D eigenvalue weighted by molar-refractivity contribution is 0.0929. The van der Waals surface area contributed by atoms with E-state index < -0.39 is 5.91 Å². The van der Waals surface area contributed by atoms with E-state index in [1.165, 1.54) is 11.8 Å². The third-order valence-electron chi connectivity index (χ3n) is 5.11. The molecule has 0 atom stereocenters. The highest BCUT2D eigenvalue weighted by Gasteiger charge is 2.14. The first-order valence-corrected chi connectivity index (χ1v) is 10.9. The molecule has 0 saturated heterocycles. The van der Waals surface area contributed by atoms with Crippen LogP contribution >= 0.6 is 0 Å². The standard InChI is InChI=1S/C27H26N2O5/c1-4-32-24-14-20(12-13-22(24)33-17-19-10-8-18(2)9-11-19)16-28-29-27(30)25-15-21-6-5-7-23(31-3)26(21)34-25/h5-16H,4,17H2,1-3H3,(H,29,30)/b28-16-. The molecule has 34 heavy (non-hydrogen) atoms. The molecule has 1 amide bonds. The van der Waals surface area contributed by atoms with Crippen molar-refractivity contribution in [3.05, 3.63) is 89.2 Å². The Labute approximate surface area is 197 Å². The Bertz CT molecular complexity index is 1310. The van der Waals surface area contributed by atoms with Crippen molar-refractivity contribution in [3.8, 4) is 17.2 Å². The van der Waals surface area contributed by atoms with Crippen LogP contribution in [-0.4, -0.2) is 25.8 Å². The molecule has 3 aromatic carbocycles. The van der Waals surface area contributed by atoms with E-state index in [1.807, 2.05) is 56.3 Å². The van der Waals surface area contributed by atoms with Gasteiger partial charge in [0.2, 0.25) is 0 Å². The van der Waals surface area contributed by atoms with E-state index in [1.54, 1.807) is 19.2 Å². The van der Waals surface area contributed by atoms with Gasteiger partial charge in [0.05, 0.1) is 19.9 Å². The highest BCUT2D eigenvalue weighted by atomic mass is 16.5. The van der Waals surface area contributed by atoms with Crippen molar-refractivity contribution in [3.63, 3.8) is 0 Å². The first-order chi connectivity index (χ1) is 16.6. The number of benzene rings is 3. The second-order valence-corrected chi connectivity index (χ2v) is 7.60. The third kappa shape index (κ3) is 5.38. The molecule has 0 saturated carbocycles. The SMILES string of the molecule is CCOc1cc(/C=N\NC(=O)c2cc3cccc(OC)c3o2)ccc1OCc1ccc(C)cc1. The summed E-state index contributed by atoms with van der Waals surface area (Å²) in [5.41, 5.74) is 6.03. The van der Waals surface area contributed by atoms with Crippen molar-refractivity contribution >= 4 is 23.1 Å². The van der Waals surface area contributed by atoms with Crippen LogP contribution in [0, 0.1) is 6.92 Å². The lowest BCUT2D eigenvalue weighted by Crippen LogP contribution is -2.16. The second-order valence-electron chi connectivity index (χ2n) is 7.60. The highest BCUT2D eigenvalue weighted by molar-refractivity contribution is 5.97. The number of hydrogen-bond acceptors (Lipinski definition) is 6. The van der Waals surface area contributed by atoms with Gasteiger partial charge in [0, 0.05) is 5.39 Å². The maximum Gasteiger partial charge on any atom is 0.307 e. The number of nitrogens with one attached hydrogen (secondary N) is 1. The number of amides is 1. The molecule has 0 radical (unpaired) electrons. The number of carbonyl (C=O) groups is 1. The Balaban J connectivity index is 1.42. The van der Waals surface area contributed by atoms with E-state index in [4.69, 9.17) is 18.6 Å². The topological polar surface area (TPSA) is 82.3 Å². The quantitative estimate of drug-likeness (QED) is 0.265. The maximum absolute atomic E-state index is 12.5. The number of ether oxygens (including phenoxy) is 3. The van der Waals surface area contributed by atoms with Gasteiger partial charge in [-0.1, -0.05) is 42.0 Å². The van der Waals surface area contributed by atoms with E-state index in [-0.39, 0.29) is 5.76 Å². The lowest BCUT2D eigenvalue weighted by Gasteiger charge is -2.12. The van der Waals surface area contributed by atoms with Gasteiger partial charge in [-0.05, 0) is 55.3 Å². The smallest absolute Gasteiger partial charge is 0.307 e. The van der Waals surface area contributed by atoms with Crippen molar-refractivity contribution in [2.75, 3.05) is 13.7 Å². The molecule has 7 heteroatoms. The summed E-state index contributed by atoms with van der Waals surface area (Å²) in [6.07, 6.45) is 1.54. The molecule has 174 valence electrons. The third-order valence-corrected chi connectivity index (χ3v) is 5.11. The molecule has 0 bridgehead atoms. The van der Waals surface area contributed by atoms with Crippen LogP contribution in [0.25, 0.3) is 11.0 Å². The van der Waals surface area contributed by atoms with E-state index in [0.29, 0.717) is 36.0 Å². The molecule has 4 rings (SSSR count). The number of methoxy groups -OCH3 is 1. The average molecular weight is 459 g/mol. The van der Waals surface area contributed by atoms with Crippen molar-refractivity contribution < 1.29 is 23.4 Å². The molecule has 0 unspecified atom stereocenters. The Morgan fingerprint density at radius 1 is 1.00 bits per heavy atom. The van der Waals surface area contributed by atoms with Gasteiger partial charge in [0.25, 0.3) is 0 Å². The van der Waals surface area contributed by atoms with Crippen LogP contribution in [0.15, 0.2) is 76.2 Å². The number of hydrogen-bond donors (Lipinski definition) is 1. The van der Waals surface area contributed by atoms with Crippen LogP contribution in [0.2, 0.25) is 0 Å². The molecule has 4 aromatic rings. The summed E-state index contributed by atoms with van der Waals surface area (Å²) >= 11 is 0. The molecule has 1 heterocycles. The van der Waals surface area contributed by atoms with Gasteiger partial charge in [-0.3, -0.25) is 4.79 Å². The number of para-hydroxylation sites is 1. The largest absolute Gasteiger partial charge is 0.493 e. The Kier molecular flexibility index (Phi) is 7.13. The molecule has 0 aliphatic carbocycles. The normalized spacial score (nSPS) is 11.0. The summed E-state index contributed by atoms with van der Waals surface area (Å²) in [4.78, 5) is 12.5. The van der Waals surface area contributed by atoms with Crippen molar-refractivity contribution in [2.45, 2.75) is 20.5 Å². The van der Waals surface area contributed by atoms with E-state index >= 15 is 0 Å². The summed E-state index contributed by atoms with van der Waals surface area (Å²) in [7, 11) is 1.55. The van der Waals surface area contributed by atoms with Gasteiger partial charge in [-0.15, -0.1) is 0 Å². The summed E-state index contributed by atoms with van der Waals surface area (Å²) in [5.74, 6) is 1.49. The van der Waals surface area contributed by atoms with Crippen LogP contribution < -0.4 is 19.6 Å². The van der Waals surface area contributed by atoms with Crippen molar-refractivity contribution in [1.82, 2.24) is 5.43 Å². The molecule has 1 aromatic heterocycles. The number of furan rings is 1. The van der Waals surface area contributed by atoms with Crippen LogP contribution in [0.5, 0.6) is 17.2 Å². The molecule has 1 N–H and O–H groups in total. The fourth-order valence-corrected chi connectivity index (χ4v) is 3.37. The Hall–Kier alpha value is -4.26. The van der Waals surface area contributed by atoms with E-state index in [2.05, 4.69) is 22.7 Å². The maximum atomic E-state index is 12.5. The summed E-state index contributed by atoms with van der Waals surface area (Å²) in [6.45, 7) is 4.89. The number of nitrogens with zero attached hydrogens (tertiary/aromatic N) is 1. The fourth-order valence-electron chi connectivity index (χ4n) is 3.37. The van der Waals surface area contributed by atoms with E-state index in [0.717, 1.165) is 16.5 Å². The molecule has 0 spiro atoms. The monoisotopic (exact) mass is 458 g/mol. The zero-order valence-electron chi connectivity index (χ0n) is 19.3. The Morgan fingerprint density at radius 3 is 2.59 bits per heavy atom. The van der Waals surface area contributed by atoms with E-state index in [9.17, 15) is 4.79 Å². The van der Waals surface area contributed by atoms with Gasteiger partial charge < -0.3 is 18.6 Å². The first kappa shape index (κ1) is 22.9. The number of carbonyl (C=O) groups excluding carboxylic acids is 1. The minimum absolute atomic E-state index is 0.145. The predicted molar refractivity (Wildman–Crippen MR) is 131 cm³/mol. The fraction of sp³-hybridized carbons (Fsp3) is 0.185. The van der Waals surface area contributed by atoms with Crippen LogP contribution in [-0.2, 0) is 6.61 Å². The molecule has 0 aliphatic heterocycles. The minimum Gasteiger partial charge on any atom is -0.493 e. The minimum atomic E-state index is -0.461. The van der Waals surface area contributed by atoms with Crippen molar-refractivity contribution in [1.29, 1.82) is 0 Å². The molecular formula is C27H26N2O5. The number of aryl methyl sites for hydroxylation is 1. The lowest BCUT2D eigenvalue weighted by atomic mass is 10.2. The second kappa shape index (κ2) is 10.6. The first-order valence-electron chi connectivity index (χ1n) is 10.9. The Morgan fingerprint density at radius 2 is 1.82 bits per heavy atom. The summed E-state index contributed by atoms with van der Waals surface area (Å²) in [6, 6.07) is 20.8. The number of hydrazone groups is 1. The molecule has 7 nitrogen and oxygen atoms in total. The van der Waals surface area contributed by atoms with Crippen LogP contribution in [0.1, 0.15) is 34.2 Å².